The van der Waals surface area contributed by atoms with E-state index < -0.39 is 0 Å². The monoisotopic (exact) mass is 430 g/mol. The summed E-state index contributed by atoms with van der Waals surface area (Å²) in [6.45, 7) is 13.7. The molecule has 0 N–H and O–H groups in total. The average Bonchev–Trinajstić information content (AvgIpc) is 3.17. The number of benzene rings is 2. The normalized spacial score (nSPS) is 12.8. The maximum atomic E-state index is 6.84. The van der Waals surface area contributed by atoms with Crippen molar-refractivity contribution in [3.05, 3.63) is 51.9 Å². The number of rotatable bonds is 4. The van der Waals surface area contributed by atoms with Crippen molar-refractivity contribution in [2.24, 2.45) is 18.9 Å². The smallest absolute Gasteiger partial charge is 0.257 e. The highest BCUT2D eigenvalue weighted by Crippen LogP contribution is 2.51. The van der Waals surface area contributed by atoms with E-state index in [0.29, 0.717) is 11.8 Å². The molecule has 0 saturated carbocycles. The zero-order valence-corrected chi connectivity index (χ0v) is 20.5. The van der Waals surface area contributed by atoms with Crippen LogP contribution in [-0.2, 0) is 19.9 Å². The van der Waals surface area contributed by atoms with Gasteiger partial charge in [0.2, 0.25) is 11.3 Å². The van der Waals surface area contributed by atoms with Crippen LogP contribution in [0.4, 0.5) is 0 Å². The van der Waals surface area contributed by atoms with E-state index in [4.69, 9.17) is 4.74 Å². The van der Waals surface area contributed by atoms with Gasteiger partial charge in [0.25, 0.3) is 5.69 Å². The van der Waals surface area contributed by atoms with Gasteiger partial charge in [-0.2, -0.15) is 4.57 Å². The number of nitrogens with zero attached hydrogens (tertiary/aromatic N) is 1. The van der Waals surface area contributed by atoms with Crippen molar-refractivity contribution in [2.45, 2.75) is 54.4 Å². The van der Waals surface area contributed by atoms with Crippen LogP contribution >= 0.6 is 11.3 Å². The van der Waals surface area contributed by atoms with Gasteiger partial charge in [0.1, 0.15) is 17.5 Å². The maximum absolute atomic E-state index is 6.84. The van der Waals surface area contributed by atoms with Gasteiger partial charge in [0, 0.05) is 17.0 Å². The van der Waals surface area contributed by atoms with Crippen molar-refractivity contribution < 1.29 is 9.30 Å². The molecule has 0 atom stereocenters. The first-order valence-corrected chi connectivity index (χ1v) is 12.3. The third kappa shape index (κ3) is 3.17. The molecular formula is C28H32NOS+. The Labute approximate surface area is 189 Å². The third-order valence-electron chi connectivity index (χ3n) is 6.59. The molecule has 2 nitrogen and oxygen atoms in total. The molecule has 4 aromatic rings. The van der Waals surface area contributed by atoms with Crippen molar-refractivity contribution in [3.63, 3.8) is 0 Å². The lowest BCUT2D eigenvalue weighted by atomic mass is 9.87. The van der Waals surface area contributed by atoms with Gasteiger partial charge in [-0.25, -0.2) is 0 Å². The second-order valence-corrected chi connectivity index (χ2v) is 10.9. The quantitative estimate of drug-likeness (QED) is 0.267. The molecule has 0 aliphatic carbocycles. The zero-order chi connectivity index (χ0) is 22.0. The molecule has 5 rings (SSSR count). The summed E-state index contributed by atoms with van der Waals surface area (Å²) >= 11 is 1.83. The summed E-state index contributed by atoms with van der Waals surface area (Å²) in [6.07, 6.45) is 2.09. The van der Waals surface area contributed by atoms with Crippen LogP contribution < -0.4 is 9.30 Å². The standard InChI is InChI=1S/C28H32NOS/c1-15(2)10-19-13-20-12-17(5)18(6)24-25(20)23(14-19)30-27-21(11-16(3)4)28-22(8-9-31-28)29(7)26(24)27/h8-9,12-16H,10-11H2,1-7H3/q+1. The van der Waals surface area contributed by atoms with Crippen molar-refractivity contribution in [1.29, 1.82) is 0 Å². The Morgan fingerprint density at radius 2 is 1.74 bits per heavy atom. The Kier molecular flexibility index (Phi) is 4.86. The van der Waals surface area contributed by atoms with Crippen LogP contribution in [-0.4, -0.2) is 0 Å². The van der Waals surface area contributed by atoms with E-state index in [2.05, 4.69) is 82.8 Å². The van der Waals surface area contributed by atoms with Gasteiger partial charge in [-0.15, -0.1) is 11.3 Å². The summed E-state index contributed by atoms with van der Waals surface area (Å²) in [5.41, 5.74) is 9.32. The van der Waals surface area contributed by atoms with E-state index in [1.165, 1.54) is 54.5 Å². The van der Waals surface area contributed by atoms with Crippen molar-refractivity contribution >= 4 is 32.3 Å². The molecule has 0 unspecified atom stereocenters. The first-order valence-electron chi connectivity index (χ1n) is 11.4. The zero-order valence-electron chi connectivity index (χ0n) is 19.7. The van der Waals surface area contributed by atoms with Crippen LogP contribution in [0.25, 0.3) is 32.2 Å². The maximum Gasteiger partial charge on any atom is 0.257 e. The number of aromatic nitrogens is 1. The minimum absolute atomic E-state index is 0.568. The molecule has 0 fully saturated rings. The molecule has 160 valence electrons. The van der Waals surface area contributed by atoms with E-state index >= 15 is 0 Å². The lowest BCUT2D eigenvalue weighted by molar-refractivity contribution is -0.633. The summed E-state index contributed by atoms with van der Waals surface area (Å²) in [5, 5.41) is 4.78. The molecule has 0 amide bonds. The molecule has 1 aliphatic heterocycles. The summed E-state index contributed by atoms with van der Waals surface area (Å²) in [4.78, 5) is 0. The topological polar surface area (TPSA) is 13.1 Å². The number of ether oxygens (including phenoxy) is 1. The second-order valence-electron chi connectivity index (χ2n) is 10.0. The van der Waals surface area contributed by atoms with E-state index in [1.807, 2.05) is 11.3 Å². The summed E-state index contributed by atoms with van der Waals surface area (Å²) in [7, 11) is 2.20. The predicted octanol–water partition coefficient (Wildman–Crippen LogP) is 7.67. The molecule has 2 aromatic carbocycles. The third-order valence-corrected chi connectivity index (χ3v) is 7.55. The molecular weight excluding hydrogens is 398 g/mol. The minimum Gasteiger partial charge on any atom is -0.449 e. The molecule has 0 bridgehead atoms. The average molecular weight is 431 g/mol. The Morgan fingerprint density at radius 3 is 2.45 bits per heavy atom. The fourth-order valence-electron chi connectivity index (χ4n) is 5.18. The van der Waals surface area contributed by atoms with Crippen molar-refractivity contribution in [3.8, 4) is 22.8 Å². The first kappa shape index (κ1) is 20.5. The lowest BCUT2D eigenvalue weighted by Gasteiger charge is -2.25. The van der Waals surface area contributed by atoms with Gasteiger partial charge in [-0.1, -0.05) is 39.8 Å². The number of hydrogen-bond donors (Lipinski definition) is 0. The molecule has 0 spiro atoms. The van der Waals surface area contributed by atoms with E-state index in [0.717, 1.165) is 24.3 Å². The molecule has 0 radical (unpaired) electrons. The summed E-state index contributed by atoms with van der Waals surface area (Å²) in [5.74, 6) is 3.28. The Bertz CT molecular complexity index is 1340. The fourth-order valence-corrected chi connectivity index (χ4v) is 6.15. The van der Waals surface area contributed by atoms with Gasteiger partial charge < -0.3 is 4.74 Å². The van der Waals surface area contributed by atoms with E-state index in [1.54, 1.807) is 0 Å². The van der Waals surface area contributed by atoms with Gasteiger partial charge >= 0.3 is 0 Å². The molecule has 2 aromatic heterocycles. The molecule has 0 saturated heterocycles. The summed E-state index contributed by atoms with van der Waals surface area (Å²) in [6, 6.07) is 9.27. The number of pyridine rings is 1. The summed E-state index contributed by atoms with van der Waals surface area (Å²) < 4.78 is 10.6. The number of aryl methyl sites for hydroxylation is 2. The van der Waals surface area contributed by atoms with E-state index in [-0.39, 0.29) is 0 Å². The largest absolute Gasteiger partial charge is 0.449 e. The Balaban J connectivity index is 1.92. The number of hydrogen-bond acceptors (Lipinski definition) is 2. The lowest BCUT2D eigenvalue weighted by Crippen LogP contribution is -2.34. The molecule has 31 heavy (non-hydrogen) atoms. The molecule has 3 heteroatoms. The molecule has 3 heterocycles. The Hall–Kier alpha value is -2.39. The van der Waals surface area contributed by atoms with Crippen LogP contribution in [0.15, 0.2) is 29.6 Å². The van der Waals surface area contributed by atoms with Gasteiger partial charge in [-0.05, 0) is 72.0 Å². The highest BCUT2D eigenvalue weighted by atomic mass is 32.1. The van der Waals surface area contributed by atoms with Crippen LogP contribution in [0.5, 0.6) is 11.5 Å². The highest BCUT2D eigenvalue weighted by Gasteiger charge is 2.35. The van der Waals surface area contributed by atoms with Crippen LogP contribution in [0.2, 0.25) is 0 Å². The van der Waals surface area contributed by atoms with Gasteiger partial charge in [0.05, 0.1) is 5.56 Å². The van der Waals surface area contributed by atoms with Crippen molar-refractivity contribution in [2.75, 3.05) is 0 Å². The second kappa shape index (κ2) is 7.34. The molecule has 1 aliphatic rings. The van der Waals surface area contributed by atoms with Crippen molar-refractivity contribution in [1.82, 2.24) is 0 Å². The number of fused-ring (bicyclic) bond motifs is 3. The van der Waals surface area contributed by atoms with Gasteiger partial charge in [-0.3, -0.25) is 0 Å². The van der Waals surface area contributed by atoms with Crippen LogP contribution in [0.1, 0.15) is 49.9 Å². The SMILES string of the molecule is Cc1cc2cc(CC(C)C)cc3c2c(c1C)-c1c(c(CC(C)C)c2sccc2[n+]1C)O3. The number of thiophene rings is 1. The highest BCUT2D eigenvalue weighted by molar-refractivity contribution is 7.17. The Morgan fingerprint density at radius 1 is 1.00 bits per heavy atom. The van der Waals surface area contributed by atoms with E-state index in [9.17, 15) is 0 Å². The predicted molar refractivity (Wildman–Crippen MR) is 133 cm³/mol. The van der Waals surface area contributed by atoms with Crippen LogP contribution in [0, 0.1) is 25.7 Å². The van der Waals surface area contributed by atoms with Crippen LogP contribution in [0.3, 0.4) is 0 Å². The fraction of sp³-hybridized carbons (Fsp3) is 0.393. The van der Waals surface area contributed by atoms with Gasteiger partial charge in [0.15, 0.2) is 0 Å². The minimum atomic E-state index is 0.568. The first-order chi connectivity index (χ1) is 14.8.